The van der Waals surface area contributed by atoms with Gasteiger partial charge in [-0.15, -0.1) is 0 Å². The van der Waals surface area contributed by atoms with E-state index in [-0.39, 0.29) is 11.3 Å². The van der Waals surface area contributed by atoms with Gasteiger partial charge in [-0.25, -0.2) is 4.79 Å². The predicted octanol–water partition coefficient (Wildman–Crippen LogP) is 2.84. The highest BCUT2D eigenvalue weighted by molar-refractivity contribution is 5.95. The van der Waals surface area contributed by atoms with Crippen LogP contribution in [-0.2, 0) is 4.79 Å². The van der Waals surface area contributed by atoms with Crippen LogP contribution in [0.1, 0.15) is 17.3 Å². The summed E-state index contributed by atoms with van der Waals surface area (Å²) >= 11 is 0. The monoisotopic (exact) mass is 286 g/mol. The highest BCUT2D eigenvalue weighted by atomic mass is 16.5. The molecule has 0 aliphatic carbocycles. The topological polar surface area (TPSA) is 61.8 Å². The van der Waals surface area contributed by atoms with Gasteiger partial charge in [-0.2, -0.15) is 0 Å². The number of hydrogen-bond donors (Lipinski definition) is 0. The normalized spacial score (nSPS) is 9.81. The van der Waals surface area contributed by atoms with Crippen LogP contribution < -0.4 is 14.2 Å². The van der Waals surface area contributed by atoms with Crippen LogP contribution in [0.3, 0.4) is 0 Å². The molecule has 0 saturated heterocycles. The summed E-state index contributed by atoms with van der Waals surface area (Å²) in [5.74, 6) is -0.153. The summed E-state index contributed by atoms with van der Waals surface area (Å²) in [5, 5.41) is 0. The molecule has 0 bridgehead atoms. The van der Waals surface area contributed by atoms with Crippen LogP contribution in [0.4, 0.5) is 0 Å². The predicted molar refractivity (Wildman–Crippen MR) is 75.7 cm³/mol. The van der Waals surface area contributed by atoms with Crippen LogP contribution in [0.15, 0.2) is 48.5 Å². The number of carbonyl (C=O) groups excluding carboxylic acids is 2. The van der Waals surface area contributed by atoms with Crippen molar-refractivity contribution in [2.45, 2.75) is 6.92 Å². The Labute approximate surface area is 122 Å². The van der Waals surface area contributed by atoms with E-state index in [0.29, 0.717) is 11.5 Å². The summed E-state index contributed by atoms with van der Waals surface area (Å²) in [6.07, 6.45) is 0. The Balaban J connectivity index is 2.31. The van der Waals surface area contributed by atoms with Crippen LogP contribution in [0.2, 0.25) is 0 Å². The van der Waals surface area contributed by atoms with Crippen molar-refractivity contribution in [1.29, 1.82) is 0 Å². The average molecular weight is 286 g/mol. The molecule has 0 radical (unpaired) electrons. The van der Waals surface area contributed by atoms with Gasteiger partial charge in [0.25, 0.3) is 0 Å². The summed E-state index contributed by atoms with van der Waals surface area (Å²) in [5.41, 5.74) is 0.119. The zero-order valence-corrected chi connectivity index (χ0v) is 11.7. The number of rotatable bonds is 4. The minimum atomic E-state index is -0.628. The molecule has 5 heteroatoms. The van der Waals surface area contributed by atoms with Crippen LogP contribution >= 0.6 is 0 Å². The fourth-order valence-electron chi connectivity index (χ4n) is 1.69. The second-order valence-electron chi connectivity index (χ2n) is 4.16. The van der Waals surface area contributed by atoms with Crippen molar-refractivity contribution in [3.8, 4) is 17.2 Å². The molecular formula is C16H14O5. The van der Waals surface area contributed by atoms with Crippen molar-refractivity contribution in [3.63, 3.8) is 0 Å². The third-order valence-electron chi connectivity index (χ3n) is 2.61. The first-order valence-corrected chi connectivity index (χ1v) is 6.24. The lowest BCUT2D eigenvalue weighted by Gasteiger charge is -2.10. The quantitative estimate of drug-likeness (QED) is 0.639. The Kier molecular flexibility index (Phi) is 4.56. The van der Waals surface area contributed by atoms with Crippen molar-refractivity contribution >= 4 is 11.9 Å². The van der Waals surface area contributed by atoms with E-state index in [1.807, 2.05) is 6.07 Å². The maximum Gasteiger partial charge on any atom is 0.347 e. The van der Waals surface area contributed by atoms with E-state index in [9.17, 15) is 9.59 Å². The first-order chi connectivity index (χ1) is 10.1. The first kappa shape index (κ1) is 14.6. The molecule has 0 atom stereocenters. The van der Waals surface area contributed by atoms with Gasteiger partial charge >= 0.3 is 11.9 Å². The number of para-hydroxylation sites is 1. The minimum Gasteiger partial charge on any atom is -0.497 e. The van der Waals surface area contributed by atoms with E-state index in [4.69, 9.17) is 14.2 Å². The van der Waals surface area contributed by atoms with Crippen LogP contribution in [0.25, 0.3) is 0 Å². The molecule has 0 heterocycles. The third-order valence-corrected chi connectivity index (χ3v) is 2.61. The molecule has 0 fully saturated rings. The third kappa shape index (κ3) is 3.82. The van der Waals surface area contributed by atoms with Crippen molar-refractivity contribution in [1.82, 2.24) is 0 Å². The smallest absolute Gasteiger partial charge is 0.347 e. The van der Waals surface area contributed by atoms with E-state index in [1.165, 1.54) is 26.2 Å². The van der Waals surface area contributed by atoms with E-state index in [1.54, 1.807) is 30.3 Å². The Morgan fingerprint density at radius 2 is 1.62 bits per heavy atom. The molecule has 0 aliphatic heterocycles. The van der Waals surface area contributed by atoms with Gasteiger partial charge in [0, 0.05) is 6.92 Å². The van der Waals surface area contributed by atoms with Crippen molar-refractivity contribution in [3.05, 3.63) is 54.1 Å². The van der Waals surface area contributed by atoms with E-state index in [0.717, 1.165) is 0 Å². The van der Waals surface area contributed by atoms with Gasteiger partial charge in [0.2, 0.25) is 0 Å². The molecule has 5 nitrogen and oxygen atoms in total. The number of esters is 2. The summed E-state index contributed by atoms with van der Waals surface area (Å²) in [6.45, 7) is 1.26. The van der Waals surface area contributed by atoms with Crippen molar-refractivity contribution in [2.24, 2.45) is 0 Å². The molecule has 0 unspecified atom stereocenters. The van der Waals surface area contributed by atoms with Crippen molar-refractivity contribution in [2.75, 3.05) is 7.11 Å². The summed E-state index contributed by atoms with van der Waals surface area (Å²) in [7, 11) is 1.48. The van der Waals surface area contributed by atoms with Crippen LogP contribution in [0.5, 0.6) is 17.2 Å². The number of hydrogen-bond acceptors (Lipinski definition) is 5. The largest absolute Gasteiger partial charge is 0.497 e. The lowest BCUT2D eigenvalue weighted by molar-refractivity contribution is -0.131. The Bertz CT molecular complexity index is 649. The summed E-state index contributed by atoms with van der Waals surface area (Å²) in [6, 6.07) is 13.2. The summed E-state index contributed by atoms with van der Waals surface area (Å²) in [4.78, 5) is 23.3. The zero-order chi connectivity index (χ0) is 15.2. The van der Waals surface area contributed by atoms with Gasteiger partial charge in [-0.3, -0.25) is 4.79 Å². The van der Waals surface area contributed by atoms with Gasteiger partial charge < -0.3 is 14.2 Å². The van der Waals surface area contributed by atoms with Gasteiger partial charge in [-0.05, 0) is 30.3 Å². The second kappa shape index (κ2) is 6.56. The molecule has 2 rings (SSSR count). The number of ether oxygens (including phenoxy) is 3. The highest BCUT2D eigenvalue weighted by Gasteiger charge is 2.17. The molecule has 0 aromatic heterocycles. The Morgan fingerprint density at radius 1 is 0.905 bits per heavy atom. The highest BCUT2D eigenvalue weighted by Crippen LogP contribution is 2.26. The van der Waals surface area contributed by atoms with Gasteiger partial charge in [0.15, 0.2) is 0 Å². The van der Waals surface area contributed by atoms with Gasteiger partial charge in [0.1, 0.15) is 22.8 Å². The molecule has 2 aromatic rings. The maximum absolute atomic E-state index is 12.2. The van der Waals surface area contributed by atoms with Crippen LogP contribution in [0, 0.1) is 0 Å². The lowest BCUT2D eigenvalue weighted by atomic mass is 10.2. The molecule has 0 saturated carbocycles. The number of benzene rings is 2. The minimum absolute atomic E-state index is 0.119. The van der Waals surface area contributed by atoms with Gasteiger partial charge in [0.05, 0.1) is 7.11 Å². The first-order valence-electron chi connectivity index (χ1n) is 6.24. The molecule has 0 N–H and O–H groups in total. The number of methoxy groups -OCH3 is 1. The Morgan fingerprint density at radius 3 is 2.24 bits per heavy atom. The summed E-state index contributed by atoms with van der Waals surface area (Å²) < 4.78 is 15.3. The molecule has 21 heavy (non-hydrogen) atoms. The second-order valence-corrected chi connectivity index (χ2v) is 4.16. The SMILES string of the molecule is COc1ccc(OC(C)=O)c(C(=O)Oc2ccccc2)c1. The van der Waals surface area contributed by atoms with Crippen LogP contribution in [-0.4, -0.2) is 19.0 Å². The molecule has 0 amide bonds. The fourth-order valence-corrected chi connectivity index (χ4v) is 1.69. The molecular weight excluding hydrogens is 272 g/mol. The van der Waals surface area contributed by atoms with Crippen molar-refractivity contribution < 1.29 is 23.8 Å². The Hall–Kier alpha value is -2.82. The molecule has 0 spiro atoms. The maximum atomic E-state index is 12.2. The van der Waals surface area contributed by atoms with E-state index >= 15 is 0 Å². The lowest BCUT2D eigenvalue weighted by Crippen LogP contribution is -2.12. The average Bonchev–Trinajstić information content (AvgIpc) is 2.48. The number of carbonyl (C=O) groups is 2. The fraction of sp³-hybridized carbons (Fsp3) is 0.125. The van der Waals surface area contributed by atoms with E-state index in [2.05, 4.69) is 0 Å². The van der Waals surface area contributed by atoms with E-state index < -0.39 is 11.9 Å². The molecule has 2 aromatic carbocycles. The molecule has 108 valence electrons. The zero-order valence-electron chi connectivity index (χ0n) is 11.7. The standard InChI is InChI=1S/C16H14O5/c1-11(17)20-15-9-8-13(19-2)10-14(15)16(18)21-12-6-4-3-5-7-12/h3-10H,1-2H3. The molecule has 0 aliphatic rings. The van der Waals surface area contributed by atoms with Gasteiger partial charge in [-0.1, -0.05) is 18.2 Å².